The van der Waals surface area contributed by atoms with Gasteiger partial charge in [0, 0.05) is 17.3 Å². The predicted molar refractivity (Wildman–Crippen MR) is 146 cm³/mol. The number of amides is 2. The predicted octanol–water partition coefficient (Wildman–Crippen LogP) is 3.85. The van der Waals surface area contributed by atoms with E-state index in [0.29, 0.717) is 17.0 Å². The molecule has 204 valence electrons. The third kappa shape index (κ3) is 5.67. The summed E-state index contributed by atoms with van der Waals surface area (Å²) >= 11 is 1.49. The third-order valence-corrected chi connectivity index (χ3v) is 7.23. The Morgan fingerprint density at radius 3 is 2.37 bits per heavy atom. The van der Waals surface area contributed by atoms with Crippen LogP contribution < -0.4 is 10.6 Å². The van der Waals surface area contributed by atoms with Crippen molar-refractivity contribution in [3.63, 3.8) is 0 Å². The van der Waals surface area contributed by atoms with Crippen LogP contribution in [0.3, 0.4) is 0 Å². The van der Waals surface area contributed by atoms with Gasteiger partial charge in [0.15, 0.2) is 0 Å². The number of para-hydroxylation sites is 1. The Balaban J connectivity index is 1.42. The van der Waals surface area contributed by atoms with Crippen LogP contribution in [-0.4, -0.2) is 68.3 Å². The van der Waals surface area contributed by atoms with Gasteiger partial charge in [-0.2, -0.15) is 0 Å². The Hall–Kier alpha value is -3.47. The summed E-state index contributed by atoms with van der Waals surface area (Å²) in [6.07, 6.45) is 1.07. The van der Waals surface area contributed by atoms with Crippen molar-refractivity contribution >= 4 is 52.2 Å². The highest BCUT2D eigenvalue weighted by molar-refractivity contribution is 8.00. The topological polar surface area (TPSA) is 119 Å². The molecule has 1 aromatic heterocycles. The number of hydrogen-bond acceptors (Lipinski definition) is 8. The van der Waals surface area contributed by atoms with Crippen LogP contribution >= 0.6 is 11.8 Å². The fourth-order valence-electron chi connectivity index (χ4n) is 4.27. The van der Waals surface area contributed by atoms with Crippen molar-refractivity contribution in [2.24, 2.45) is 0 Å². The lowest BCUT2D eigenvalue weighted by Gasteiger charge is -2.49. The summed E-state index contributed by atoms with van der Waals surface area (Å²) in [4.78, 5) is 52.7. The number of rotatable bonds is 5. The summed E-state index contributed by atoms with van der Waals surface area (Å²) in [5, 5.41) is 6.22. The van der Waals surface area contributed by atoms with Gasteiger partial charge in [0.25, 0.3) is 5.91 Å². The van der Waals surface area contributed by atoms with Crippen molar-refractivity contribution in [3.05, 3.63) is 41.7 Å². The second kappa shape index (κ2) is 10.0. The summed E-state index contributed by atoms with van der Waals surface area (Å²) in [5.41, 5.74) is 0.900. The Morgan fingerprint density at radius 1 is 1.05 bits per heavy atom. The molecule has 38 heavy (non-hydrogen) atoms. The number of benzene rings is 1. The molecule has 2 aromatic rings. The Morgan fingerprint density at radius 2 is 1.71 bits per heavy atom. The van der Waals surface area contributed by atoms with E-state index in [1.165, 1.54) is 21.2 Å². The first-order chi connectivity index (χ1) is 17.7. The molecule has 2 aliphatic heterocycles. The molecule has 1 aromatic carbocycles. The molecule has 3 heterocycles. The molecule has 0 aliphatic carbocycles. The lowest BCUT2D eigenvalue weighted by molar-refractivity contribution is -0.159. The van der Waals surface area contributed by atoms with Crippen molar-refractivity contribution < 1.29 is 28.7 Å². The SMILES string of the molecule is CC1=C(C(=O)OC(C)(C)C)N2C(=O)C(NC(=O)CNc3cn(C(=O)OC(C)(C)C)c4ccccc34)[C@@H]2SC1. The van der Waals surface area contributed by atoms with Gasteiger partial charge < -0.3 is 20.1 Å². The number of carbonyl (C=O) groups excluding carboxylic acids is 4. The second-order valence-corrected chi connectivity index (χ2v) is 12.5. The Kier molecular flexibility index (Phi) is 7.26. The van der Waals surface area contributed by atoms with Crippen molar-refractivity contribution in [1.82, 2.24) is 14.8 Å². The molecular formula is C27H34N4O6S. The average Bonchev–Trinajstić information content (AvgIpc) is 3.17. The maximum absolute atomic E-state index is 13.0. The molecular weight excluding hydrogens is 508 g/mol. The molecule has 0 saturated carbocycles. The first-order valence-electron chi connectivity index (χ1n) is 12.4. The largest absolute Gasteiger partial charge is 0.455 e. The summed E-state index contributed by atoms with van der Waals surface area (Å²) in [5.74, 6) is -0.723. The number of hydrogen-bond donors (Lipinski definition) is 2. The third-order valence-electron chi connectivity index (χ3n) is 5.81. The van der Waals surface area contributed by atoms with E-state index in [4.69, 9.17) is 9.47 Å². The van der Waals surface area contributed by atoms with Gasteiger partial charge in [-0.15, -0.1) is 11.8 Å². The summed E-state index contributed by atoms with van der Waals surface area (Å²) in [6, 6.07) is 6.55. The number of ether oxygens (including phenoxy) is 2. The summed E-state index contributed by atoms with van der Waals surface area (Å²) in [7, 11) is 0. The van der Waals surface area contributed by atoms with Crippen molar-refractivity contribution in [2.75, 3.05) is 17.6 Å². The monoisotopic (exact) mass is 542 g/mol. The fourth-order valence-corrected chi connectivity index (χ4v) is 5.56. The van der Waals surface area contributed by atoms with Gasteiger partial charge in [-0.1, -0.05) is 18.2 Å². The van der Waals surface area contributed by atoms with E-state index in [1.807, 2.05) is 18.2 Å². The minimum absolute atomic E-state index is 0.114. The first-order valence-corrected chi connectivity index (χ1v) is 13.5. The van der Waals surface area contributed by atoms with Crippen LogP contribution in [0.15, 0.2) is 41.7 Å². The fraction of sp³-hybridized carbons (Fsp3) is 0.481. The highest BCUT2D eigenvalue weighted by atomic mass is 32.2. The maximum Gasteiger partial charge on any atom is 0.419 e. The van der Waals surface area contributed by atoms with E-state index < -0.39 is 29.3 Å². The maximum atomic E-state index is 13.0. The molecule has 11 heteroatoms. The van der Waals surface area contributed by atoms with Gasteiger partial charge in [0.2, 0.25) is 5.91 Å². The number of carbonyl (C=O) groups is 4. The zero-order valence-corrected chi connectivity index (χ0v) is 23.5. The van der Waals surface area contributed by atoms with Crippen LogP contribution in [0.4, 0.5) is 10.5 Å². The number of esters is 1. The van der Waals surface area contributed by atoms with Crippen LogP contribution in [0.2, 0.25) is 0 Å². The molecule has 4 rings (SSSR count). The van der Waals surface area contributed by atoms with Gasteiger partial charge in [0.1, 0.15) is 28.3 Å². The molecule has 2 amide bonds. The van der Waals surface area contributed by atoms with E-state index in [-0.39, 0.29) is 29.4 Å². The molecule has 1 saturated heterocycles. The van der Waals surface area contributed by atoms with Crippen LogP contribution in [0, 0.1) is 0 Å². The van der Waals surface area contributed by atoms with Gasteiger partial charge in [-0.05, 0) is 60.1 Å². The average molecular weight is 543 g/mol. The standard InChI is InChI=1S/C27H34N4O6S/c1-15-14-38-23-20(22(33)31(23)21(15)24(34)36-26(2,3)4)29-19(32)12-28-17-13-30(25(35)37-27(5,6)7)18-11-9-8-10-16(17)18/h8-11,13,20,23,28H,12,14H2,1-7H3,(H,29,32)/t20?,23-/m0/s1. The number of aromatic nitrogens is 1. The molecule has 2 N–H and O–H groups in total. The zero-order chi connectivity index (χ0) is 28.0. The molecule has 1 fully saturated rings. The van der Waals surface area contributed by atoms with Gasteiger partial charge in [-0.3, -0.25) is 19.1 Å². The molecule has 1 unspecified atom stereocenters. The highest BCUT2D eigenvalue weighted by Crippen LogP contribution is 2.40. The van der Waals surface area contributed by atoms with Gasteiger partial charge >= 0.3 is 12.1 Å². The van der Waals surface area contributed by atoms with E-state index in [0.717, 1.165) is 11.0 Å². The van der Waals surface area contributed by atoms with Gasteiger partial charge in [0.05, 0.1) is 17.7 Å². The number of anilines is 1. The summed E-state index contributed by atoms with van der Waals surface area (Å²) in [6.45, 7) is 12.4. The van der Waals surface area contributed by atoms with E-state index in [9.17, 15) is 19.2 Å². The molecule has 0 bridgehead atoms. The zero-order valence-electron chi connectivity index (χ0n) is 22.7. The van der Waals surface area contributed by atoms with E-state index >= 15 is 0 Å². The number of thioether (sulfide) groups is 1. The van der Waals surface area contributed by atoms with E-state index in [2.05, 4.69) is 10.6 Å². The van der Waals surface area contributed by atoms with Crippen molar-refractivity contribution in [3.8, 4) is 0 Å². The number of β-lactam (4-membered cyclic amide) rings is 1. The second-order valence-electron chi connectivity index (χ2n) is 11.3. The number of fused-ring (bicyclic) bond motifs is 2. The van der Waals surface area contributed by atoms with Crippen LogP contribution in [0.5, 0.6) is 0 Å². The quantitative estimate of drug-likeness (QED) is 0.432. The van der Waals surface area contributed by atoms with Crippen molar-refractivity contribution in [1.29, 1.82) is 0 Å². The minimum Gasteiger partial charge on any atom is -0.455 e. The highest BCUT2D eigenvalue weighted by Gasteiger charge is 2.54. The smallest absolute Gasteiger partial charge is 0.419 e. The van der Waals surface area contributed by atoms with Crippen LogP contribution in [-0.2, 0) is 23.9 Å². The van der Waals surface area contributed by atoms with Crippen molar-refractivity contribution in [2.45, 2.75) is 71.1 Å². The number of nitrogens with one attached hydrogen (secondary N) is 2. The first kappa shape index (κ1) is 27.6. The van der Waals surface area contributed by atoms with Gasteiger partial charge in [-0.25, -0.2) is 9.59 Å². The molecule has 0 spiro atoms. The lowest BCUT2D eigenvalue weighted by Crippen LogP contribution is -2.71. The van der Waals surface area contributed by atoms with Crippen LogP contribution in [0.1, 0.15) is 48.5 Å². The Labute approximate surface area is 226 Å². The number of nitrogens with zero attached hydrogens (tertiary/aromatic N) is 2. The lowest BCUT2D eigenvalue weighted by atomic mass is 10.0. The molecule has 2 atom stereocenters. The Bertz CT molecular complexity index is 1330. The minimum atomic E-state index is -0.747. The molecule has 10 nitrogen and oxygen atoms in total. The molecule has 0 radical (unpaired) electrons. The summed E-state index contributed by atoms with van der Waals surface area (Å²) < 4.78 is 12.4. The molecule has 2 aliphatic rings. The van der Waals surface area contributed by atoms with Crippen LogP contribution in [0.25, 0.3) is 10.9 Å². The van der Waals surface area contributed by atoms with E-state index in [1.54, 1.807) is 60.7 Å². The normalized spacial score (nSPS) is 19.6.